The van der Waals surface area contributed by atoms with Gasteiger partial charge in [-0.2, -0.15) is 0 Å². The second-order valence-electron chi connectivity index (χ2n) is 5.33. The maximum absolute atomic E-state index is 4.37. The molecule has 0 radical (unpaired) electrons. The Bertz CT molecular complexity index is 784. The Morgan fingerprint density at radius 2 is 1.18 bits per heavy atom. The van der Waals surface area contributed by atoms with Crippen molar-refractivity contribution in [2.45, 2.75) is 13.8 Å². The van der Waals surface area contributed by atoms with E-state index in [0.717, 1.165) is 31.7 Å². The molecule has 0 aliphatic rings. The van der Waals surface area contributed by atoms with Crippen LogP contribution in [0.15, 0.2) is 45.3 Å². The van der Waals surface area contributed by atoms with Gasteiger partial charge in [-0.15, -0.1) is 10.2 Å². The van der Waals surface area contributed by atoms with Crippen LogP contribution in [0.1, 0.15) is 11.1 Å². The van der Waals surface area contributed by atoms with Crippen LogP contribution in [0, 0.1) is 13.8 Å². The van der Waals surface area contributed by atoms with Crippen molar-refractivity contribution in [1.29, 1.82) is 0 Å². The van der Waals surface area contributed by atoms with Gasteiger partial charge in [0.1, 0.15) is 0 Å². The van der Waals surface area contributed by atoms with Gasteiger partial charge in [-0.25, -0.2) is 0 Å². The molecule has 5 heteroatoms. The van der Waals surface area contributed by atoms with E-state index in [0.29, 0.717) is 0 Å². The lowest BCUT2D eigenvalue weighted by molar-refractivity contribution is 0.929. The molecule has 0 N–H and O–H groups in total. The topological polar surface area (TPSA) is 30.7 Å². The molecule has 0 saturated heterocycles. The summed E-state index contributed by atoms with van der Waals surface area (Å²) in [5, 5.41) is 8.74. The molecule has 0 bridgehead atoms. The van der Waals surface area contributed by atoms with Crippen molar-refractivity contribution < 1.29 is 0 Å². The number of aryl methyl sites for hydroxylation is 2. The summed E-state index contributed by atoms with van der Waals surface area (Å²) < 4.78 is 4.23. The predicted octanol–water partition coefficient (Wildman–Crippen LogP) is 5.29. The lowest BCUT2D eigenvalue weighted by Gasteiger charge is -2.07. The first-order valence-electron chi connectivity index (χ1n) is 6.90. The molecule has 2 aromatic carbocycles. The first kappa shape index (κ1) is 15.4. The molecular weight excluding hydrogens is 406 g/mol. The maximum atomic E-state index is 4.37. The van der Waals surface area contributed by atoms with E-state index >= 15 is 0 Å². The number of rotatable bonds is 2. The zero-order chi connectivity index (χ0) is 15.9. The van der Waals surface area contributed by atoms with Crippen LogP contribution in [-0.2, 0) is 7.05 Å². The SMILES string of the molecule is Cc1cc(-c2nnc(-c3ccc(Br)c(C)c3)n2C)ccc1Br. The number of hydrogen-bond donors (Lipinski definition) is 0. The molecule has 0 unspecified atom stereocenters. The summed E-state index contributed by atoms with van der Waals surface area (Å²) in [5.74, 6) is 1.73. The van der Waals surface area contributed by atoms with E-state index in [1.165, 1.54) is 11.1 Å². The standard InChI is InChI=1S/C17H15Br2N3/c1-10-8-12(4-6-14(10)18)16-20-21-17(22(16)3)13-5-7-15(19)11(2)9-13/h4-9H,1-3H3. The van der Waals surface area contributed by atoms with E-state index in [2.05, 4.69) is 80.2 Å². The third-order valence-electron chi connectivity index (χ3n) is 3.71. The average Bonchev–Trinajstić information content (AvgIpc) is 2.87. The normalized spacial score (nSPS) is 11.0. The van der Waals surface area contributed by atoms with Gasteiger partial charge in [0.25, 0.3) is 0 Å². The molecule has 0 aliphatic carbocycles. The molecule has 0 fully saturated rings. The third kappa shape index (κ3) is 2.75. The van der Waals surface area contributed by atoms with Crippen LogP contribution in [0.5, 0.6) is 0 Å². The molecule has 3 aromatic rings. The number of nitrogens with zero attached hydrogens (tertiary/aromatic N) is 3. The fraction of sp³-hybridized carbons (Fsp3) is 0.176. The van der Waals surface area contributed by atoms with Gasteiger partial charge in [0, 0.05) is 27.1 Å². The predicted molar refractivity (Wildman–Crippen MR) is 96.7 cm³/mol. The Hall–Kier alpha value is -1.46. The molecule has 3 rings (SSSR count). The molecule has 22 heavy (non-hydrogen) atoms. The van der Waals surface area contributed by atoms with Crippen molar-refractivity contribution in [3.05, 3.63) is 56.5 Å². The lowest BCUT2D eigenvalue weighted by Crippen LogP contribution is -1.96. The smallest absolute Gasteiger partial charge is 0.163 e. The zero-order valence-electron chi connectivity index (χ0n) is 12.6. The first-order chi connectivity index (χ1) is 10.5. The fourth-order valence-corrected chi connectivity index (χ4v) is 2.89. The van der Waals surface area contributed by atoms with Crippen molar-refractivity contribution in [2.24, 2.45) is 7.05 Å². The van der Waals surface area contributed by atoms with Crippen LogP contribution in [0.25, 0.3) is 22.8 Å². The Balaban J connectivity index is 2.08. The molecule has 1 aromatic heterocycles. The van der Waals surface area contributed by atoms with E-state index in [4.69, 9.17) is 0 Å². The molecule has 0 spiro atoms. The van der Waals surface area contributed by atoms with Gasteiger partial charge in [0.2, 0.25) is 0 Å². The Morgan fingerprint density at radius 1 is 0.773 bits per heavy atom. The van der Waals surface area contributed by atoms with Gasteiger partial charge in [-0.3, -0.25) is 0 Å². The first-order valence-corrected chi connectivity index (χ1v) is 8.48. The molecule has 112 valence electrons. The van der Waals surface area contributed by atoms with E-state index in [1.54, 1.807) is 0 Å². The summed E-state index contributed by atoms with van der Waals surface area (Å²) in [5.41, 5.74) is 4.50. The van der Waals surface area contributed by atoms with Crippen LogP contribution >= 0.6 is 31.9 Å². The van der Waals surface area contributed by atoms with Gasteiger partial charge in [-0.1, -0.05) is 44.0 Å². The molecule has 0 aliphatic heterocycles. The summed E-state index contributed by atoms with van der Waals surface area (Å²) in [7, 11) is 2.00. The summed E-state index contributed by atoms with van der Waals surface area (Å²) in [6.07, 6.45) is 0. The van der Waals surface area contributed by atoms with Crippen molar-refractivity contribution in [1.82, 2.24) is 14.8 Å². The van der Waals surface area contributed by atoms with Crippen LogP contribution in [-0.4, -0.2) is 14.8 Å². The van der Waals surface area contributed by atoms with Gasteiger partial charge in [0.05, 0.1) is 0 Å². The summed E-state index contributed by atoms with van der Waals surface area (Å²) >= 11 is 7.06. The number of aromatic nitrogens is 3. The minimum Gasteiger partial charge on any atom is -0.310 e. The highest BCUT2D eigenvalue weighted by atomic mass is 79.9. The van der Waals surface area contributed by atoms with Crippen molar-refractivity contribution >= 4 is 31.9 Å². The van der Waals surface area contributed by atoms with E-state index in [9.17, 15) is 0 Å². The van der Waals surface area contributed by atoms with Crippen molar-refractivity contribution in [2.75, 3.05) is 0 Å². The van der Waals surface area contributed by atoms with Gasteiger partial charge < -0.3 is 4.57 Å². The van der Waals surface area contributed by atoms with E-state index in [1.807, 2.05) is 23.7 Å². The minimum atomic E-state index is 0.867. The fourth-order valence-electron chi connectivity index (χ4n) is 2.40. The molecular formula is C17H15Br2N3. The largest absolute Gasteiger partial charge is 0.310 e. The summed E-state index contributed by atoms with van der Waals surface area (Å²) in [6, 6.07) is 12.4. The van der Waals surface area contributed by atoms with E-state index in [-0.39, 0.29) is 0 Å². The average molecular weight is 421 g/mol. The van der Waals surface area contributed by atoms with Crippen molar-refractivity contribution in [3.8, 4) is 22.8 Å². The molecule has 0 saturated carbocycles. The van der Waals surface area contributed by atoms with Crippen LogP contribution in [0.3, 0.4) is 0 Å². The Kier molecular flexibility index (Phi) is 4.19. The lowest BCUT2D eigenvalue weighted by atomic mass is 10.1. The third-order valence-corrected chi connectivity index (χ3v) is 5.49. The maximum Gasteiger partial charge on any atom is 0.163 e. The highest BCUT2D eigenvalue weighted by Gasteiger charge is 2.13. The number of hydrogen-bond acceptors (Lipinski definition) is 2. The van der Waals surface area contributed by atoms with Crippen LogP contribution in [0.4, 0.5) is 0 Å². The van der Waals surface area contributed by atoms with Gasteiger partial charge in [-0.05, 0) is 49.2 Å². The van der Waals surface area contributed by atoms with Gasteiger partial charge >= 0.3 is 0 Å². The molecule has 0 atom stereocenters. The van der Waals surface area contributed by atoms with Crippen molar-refractivity contribution in [3.63, 3.8) is 0 Å². The summed E-state index contributed by atoms with van der Waals surface area (Å²) in [6.45, 7) is 4.14. The Morgan fingerprint density at radius 3 is 1.55 bits per heavy atom. The molecule has 3 nitrogen and oxygen atoms in total. The van der Waals surface area contributed by atoms with E-state index < -0.39 is 0 Å². The number of halogens is 2. The highest BCUT2D eigenvalue weighted by molar-refractivity contribution is 9.10. The zero-order valence-corrected chi connectivity index (χ0v) is 15.7. The minimum absolute atomic E-state index is 0.867. The second-order valence-corrected chi connectivity index (χ2v) is 7.04. The monoisotopic (exact) mass is 419 g/mol. The quantitative estimate of drug-likeness (QED) is 0.563. The van der Waals surface area contributed by atoms with Crippen LogP contribution in [0.2, 0.25) is 0 Å². The van der Waals surface area contributed by atoms with Crippen LogP contribution < -0.4 is 0 Å². The Labute approximate surface area is 146 Å². The summed E-state index contributed by atoms with van der Waals surface area (Å²) in [4.78, 5) is 0. The van der Waals surface area contributed by atoms with Gasteiger partial charge in [0.15, 0.2) is 11.6 Å². The molecule has 1 heterocycles. The molecule has 0 amide bonds. The highest BCUT2D eigenvalue weighted by Crippen LogP contribution is 2.28. The second kappa shape index (κ2) is 5.97. The number of benzene rings is 2.